The molecule has 1 fully saturated rings. The molecule has 1 aliphatic heterocycles. The molecule has 3 atom stereocenters. The van der Waals surface area contributed by atoms with Gasteiger partial charge in [-0.2, -0.15) is 0 Å². The first-order valence-corrected chi connectivity index (χ1v) is 6.61. The summed E-state index contributed by atoms with van der Waals surface area (Å²) >= 11 is 0. The average molecular weight is 228 g/mol. The predicted octanol–water partition coefficient (Wildman–Crippen LogP) is 1.73. The van der Waals surface area contributed by atoms with Crippen LogP contribution in [-0.2, 0) is 4.74 Å². The van der Waals surface area contributed by atoms with Crippen molar-refractivity contribution >= 4 is 0 Å². The lowest BCUT2D eigenvalue weighted by Crippen LogP contribution is -2.43. The summed E-state index contributed by atoms with van der Waals surface area (Å²) in [5, 5.41) is 3.25. The second kappa shape index (κ2) is 7.25. The number of rotatable bonds is 6. The Morgan fingerprint density at radius 1 is 1.38 bits per heavy atom. The van der Waals surface area contributed by atoms with E-state index in [1.165, 1.54) is 19.3 Å². The summed E-state index contributed by atoms with van der Waals surface area (Å²) in [6, 6.07) is 0.609. The average Bonchev–Trinajstić information content (AvgIpc) is 2.29. The molecule has 16 heavy (non-hydrogen) atoms. The second-order valence-electron chi connectivity index (χ2n) is 5.20. The van der Waals surface area contributed by atoms with Gasteiger partial charge in [0.2, 0.25) is 0 Å². The van der Waals surface area contributed by atoms with E-state index in [1.807, 2.05) is 7.05 Å². The van der Waals surface area contributed by atoms with Crippen molar-refractivity contribution in [3.63, 3.8) is 0 Å². The van der Waals surface area contributed by atoms with Crippen molar-refractivity contribution in [1.29, 1.82) is 0 Å². The van der Waals surface area contributed by atoms with E-state index in [4.69, 9.17) is 4.74 Å². The van der Waals surface area contributed by atoms with Crippen LogP contribution >= 0.6 is 0 Å². The van der Waals surface area contributed by atoms with Crippen LogP contribution in [0.25, 0.3) is 0 Å². The van der Waals surface area contributed by atoms with E-state index in [0.717, 1.165) is 19.7 Å². The standard InChI is InChI=1S/C13H28N2O/c1-11(9-14-3)12(2)15(4)10-13-7-5-6-8-16-13/h11-14H,5-10H2,1-4H3. The molecule has 0 amide bonds. The third kappa shape index (κ3) is 4.40. The molecule has 0 aliphatic carbocycles. The van der Waals surface area contributed by atoms with Crippen molar-refractivity contribution in [2.45, 2.75) is 45.3 Å². The van der Waals surface area contributed by atoms with Gasteiger partial charge in [0.15, 0.2) is 0 Å². The van der Waals surface area contributed by atoms with E-state index in [0.29, 0.717) is 18.1 Å². The van der Waals surface area contributed by atoms with Crippen molar-refractivity contribution in [2.75, 3.05) is 33.8 Å². The molecule has 0 spiro atoms. The van der Waals surface area contributed by atoms with Gasteiger partial charge in [0.1, 0.15) is 0 Å². The minimum atomic E-state index is 0.461. The van der Waals surface area contributed by atoms with Gasteiger partial charge in [0, 0.05) is 19.2 Å². The van der Waals surface area contributed by atoms with Crippen molar-refractivity contribution in [3.05, 3.63) is 0 Å². The Balaban J connectivity index is 2.29. The summed E-state index contributed by atoms with van der Waals surface area (Å²) in [5.74, 6) is 0.679. The highest BCUT2D eigenvalue weighted by Crippen LogP contribution is 2.16. The SMILES string of the molecule is CNCC(C)C(C)N(C)CC1CCCCO1. The van der Waals surface area contributed by atoms with Crippen LogP contribution in [0.4, 0.5) is 0 Å². The number of hydrogen-bond donors (Lipinski definition) is 1. The van der Waals surface area contributed by atoms with E-state index in [1.54, 1.807) is 0 Å². The highest BCUT2D eigenvalue weighted by atomic mass is 16.5. The summed E-state index contributed by atoms with van der Waals surface area (Å²) in [5.41, 5.74) is 0. The molecule has 0 saturated carbocycles. The van der Waals surface area contributed by atoms with Crippen LogP contribution in [0.2, 0.25) is 0 Å². The van der Waals surface area contributed by atoms with E-state index >= 15 is 0 Å². The number of likely N-dealkylation sites (N-methyl/N-ethyl adjacent to an activating group) is 1. The Morgan fingerprint density at radius 2 is 2.12 bits per heavy atom. The second-order valence-corrected chi connectivity index (χ2v) is 5.20. The van der Waals surface area contributed by atoms with E-state index in [-0.39, 0.29) is 0 Å². The van der Waals surface area contributed by atoms with Crippen molar-refractivity contribution in [3.8, 4) is 0 Å². The Kier molecular flexibility index (Phi) is 6.32. The third-order valence-corrected chi connectivity index (χ3v) is 3.81. The lowest BCUT2D eigenvalue weighted by Gasteiger charge is -2.34. The molecule has 0 aromatic heterocycles. The normalized spacial score (nSPS) is 25.7. The molecule has 1 heterocycles. The number of hydrogen-bond acceptors (Lipinski definition) is 3. The molecule has 1 saturated heterocycles. The summed E-state index contributed by atoms with van der Waals surface area (Å²) in [6.07, 6.45) is 4.27. The molecule has 1 aliphatic rings. The molecule has 0 radical (unpaired) electrons. The maximum atomic E-state index is 5.78. The zero-order chi connectivity index (χ0) is 12.0. The van der Waals surface area contributed by atoms with Gasteiger partial charge < -0.3 is 15.0 Å². The summed E-state index contributed by atoms with van der Waals surface area (Å²) in [7, 11) is 4.24. The Hall–Kier alpha value is -0.120. The number of nitrogens with one attached hydrogen (secondary N) is 1. The minimum absolute atomic E-state index is 0.461. The highest BCUT2D eigenvalue weighted by molar-refractivity contribution is 4.75. The minimum Gasteiger partial charge on any atom is -0.377 e. The fourth-order valence-electron chi connectivity index (χ4n) is 2.37. The van der Waals surface area contributed by atoms with E-state index in [9.17, 15) is 0 Å². The summed E-state index contributed by atoms with van der Waals surface area (Å²) in [4.78, 5) is 2.44. The van der Waals surface area contributed by atoms with Gasteiger partial charge >= 0.3 is 0 Å². The zero-order valence-electron chi connectivity index (χ0n) is 11.3. The summed E-state index contributed by atoms with van der Waals surface area (Å²) < 4.78 is 5.78. The van der Waals surface area contributed by atoms with Crippen LogP contribution in [0.3, 0.4) is 0 Å². The predicted molar refractivity (Wildman–Crippen MR) is 68.8 cm³/mol. The van der Waals surface area contributed by atoms with Gasteiger partial charge in [-0.25, -0.2) is 0 Å². The summed E-state index contributed by atoms with van der Waals surface area (Å²) in [6.45, 7) is 7.73. The quantitative estimate of drug-likeness (QED) is 0.749. The lowest BCUT2D eigenvalue weighted by atomic mass is 10.0. The molecule has 0 bridgehead atoms. The first-order valence-electron chi connectivity index (χ1n) is 6.61. The van der Waals surface area contributed by atoms with E-state index < -0.39 is 0 Å². The molecule has 1 rings (SSSR count). The van der Waals surface area contributed by atoms with Gasteiger partial charge in [-0.05, 0) is 52.7 Å². The van der Waals surface area contributed by atoms with Crippen LogP contribution in [0, 0.1) is 5.92 Å². The molecule has 0 aromatic rings. The first-order chi connectivity index (χ1) is 7.65. The maximum Gasteiger partial charge on any atom is 0.0702 e. The van der Waals surface area contributed by atoms with Crippen LogP contribution in [0.5, 0.6) is 0 Å². The molecular formula is C13H28N2O. The molecule has 96 valence electrons. The molecule has 0 aromatic carbocycles. The Morgan fingerprint density at radius 3 is 2.69 bits per heavy atom. The third-order valence-electron chi connectivity index (χ3n) is 3.81. The van der Waals surface area contributed by atoms with Crippen molar-refractivity contribution < 1.29 is 4.74 Å². The molecule has 3 heteroatoms. The Bertz CT molecular complexity index is 181. The topological polar surface area (TPSA) is 24.5 Å². The fourth-order valence-corrected chi connectivity index (χ4v) is 2.37. The number of ether oxygens (including phenoxy) is 1. The smallest absolute Gasteiger partial charge is 0.0702 e. The fraction of sp³-hybridized carbons (Fsp3) is 1.00. The number of nitrogens with zero attached hydrogens (tertiary/aromatic N) is 1. The van der Waals surface area contributed by atoms with Gasteiger partial charge in [-0.3, -0.25) is 0 Å². The lowest BCUT2D eigenvalue weighted by molar-refractivity contribution is -0.0106. The molecular weight excluding hydrogens is 200 g/mol. The first kappa shape index (κ1) is 13.9. The van der Waals surface area contributed by atoms with Crippen LogP contribution < -0.4 is 5.32 Å². The van der Waals surface area contributed by atoms with Crippen LogP contribution in [0.15, 0.2) is 0 Å². The van der Waals surface area contributed by atoms with Crippen molar-refractivity contribution in [1.82, 2.24) is 10.2 Å². The van der Waals surface area contributed by atoms with Gasteiger partial charge in [0.05, 0.1) is 6.10 Å². The van der Waals surface area contributed by atoms with E-state index in [2.05, 4.69) is 31.1 Å². The van der Waals surface area contributed by atoms with Crippen LogP contribution in [0.1, 0.15) is 33.1 Å². The molecule has 1 N–H and O–H groups in total. The maximum absolute atomic E-state index is 5.78. The zero-order valence-corrected chi connectivity index (χ0v) is 11.3. The van der Waals surface area contributed by atoms with Crippen molar-refractivity contribution in [2.24, 2.45) is 5.92 Å². The Labute approximate surface area is 101 Å². The monoisotopic (exact) mass is 228 g/mol. The highest BCUT2D eigenvalue weighted by Gasteiger charge is 2.21. The van der Waals surface area contributed by atoms with Crippen LogP contribution in [-0.4, -0.2) is 50.8 Å². The van der Waals surface area contributed by atoms with Gasteiger partial charge in [-0.15, -0.1) is 0 Å². The largest absolute Gasteiger partial charge is 0.377 e. The molecule has 3 unspecified atom stereocenters. The molecule has 3 nitrogen and oxygen atoms in total. The van der Waals surface area contributed by atoms with Gasteiger partial charge in [-0.1, -0.05) is 6.92 Å². The van der Waals surface area contributed by atoms with Gasteiger partial charge in [0.25, 0.3) is 0 Å².